The van der Waals surface area contributed by atoms with Crippen molar-refractivity contribution in [1.29, 1.82) is 0 Å². The van der Waals surface area contributed by atoms with Gasteiger partial charge in [0.05, 0.1) is 4.92 Å². The zero-order chi connectivity index (χ0) is 10.6. The summed E-state index contributed by atoms with van der Waals surface area (Å²) in [6, 6.07) is 0. The summed E-state index contributed by atoms with van der Waals surface area (Å²) < 4.78 is 0. The summed E-state index contributed by atoms with van der Waals surface area (Å²) in [4.78, 5) is 14.1. The minimum Gasteiger partial charge on any atom is -0.370 e. The van der Waals surface area contributed by atoms with Crippen LogP contribution in [0.4, 0.5) is 0 Å². The topological polar surface area (TPSA) is 61.7 Å². The standard InChI is InChI=1S/C8H16N4O2/c1-9-8(7-12(13)14)11-5-3-10(2)4-6-11/h7,9H,3-6H2,1-2H3/b8-7+. The maximum Gasteiger partial charge on any atom is 0.274 e. The van der Waals surface area contributed by atoms with E-state index < -0.39 is 4.92 Å². The van der Waals surface area contributed by atoms with Gasteiger partial charge in [0, 0.05) is 33.2 Å². The van der Waals surface area contributed by atoms with E-state index in [1.54, 1.807) is 7.05 Å². The SMILES string of the molecule is CN/C(=C\[N+](=O)[O-])N1CCN(C)CC1. The van der Waals surface area contributed by atoms with Gasteiger partial charge >= 0.3 is 0 Å². The Bertz CT molecular complexity index is 233. The van der Waals surface area contributed by atoms with E-state index in [2.05, 4.69) is 10.2 Å². The number of rotatable bonds is 3. The molecule has 0 aromatic rings. The van der Waals surface area contributed by atoms with Gasteiger partial charge in [-0.2, -0.15) is 0 Å². The first-order chi connectivity index (χ1) is 6.63. The lowest BCUT2D eigenvalue weighted by molar-refractivity contribution is -0.404. The molecule has 1 rings (SSSR count). The molecule has 1 aliphatic heterocycles. The van der Waals surface area contributed by atoms with Gasteiger partial charge in [-0.15, -0.1) is 0 Å². The first-order valence-corrected chi connectivity index (χ1v) is 4.60. The van der Waals surface area contributed by atoms with Crippen LogP contribution in [-0.4, -0.2) is 55.0 Å². The summed E-state index contributed by atoms with van der Waals surface area (Å²) in [6.45, 7) is 3.54. The van der Waals surface area contributed by atoms with Crippen LogP contribution in [-0.2, 0) is 0 Å². The van der Waals surface area contributed by atoms with Gasteiger partial charge in [-0.05, 0) is 7.05 Å². The molecule has 0 bridgehead atoms. The Morgan fingerprint density at radius 1 is 1.43 bits per heavy atom. The van der Waals surface area contributed by atoms with Crippen LogP contribution in [0.15, 0.2) is 12.0 Å². The van der Waals surface area contributed by atoms with Gasteiger partial charge in [0.2, 0.25) is 0 Å². The van der Waals surface area contributed by atoms with E-state index in [1.807, 2.05) is 11.9 Å². The third-order valence-corrected chi connectivity index (χ3v) is 2.33. The molecule has 1 N–H and O–H groups in total. The van der Waals surface area contributed by atoms with Crippen LogP contribution < -0.4 is 5.32 Å². The lowest BCUT2D eigenvalue weighted by Crippen LogP contribution is -2.46. The van der Waals surface area contributed by atoms with Crippen LogP contribution in [0.2, 0.25) is 0 Å². The number of piperazine rings is 1. The Labute approximate surface area is 83.3 Å². The molecule has 1 fully saturated rings. The second kappa shape index (κ2) is 4.80. The molecule has 1 aliphatic rings. The van der Waals surface area contributed by atoms with Crippen molar-refractivity contribution in [3.8, 4) is 0 Å². The van der Waals surface area contributed by atoms with Crippen molar-refractivity contribution < 1.29 is 4.92 Å². The Morgan fingerprint density at radius 2 is 2.00 bits per heavy atom. The third-order valence-electron chi connectivity index (χ3n) is 2.33. The summed E-state index contributed by atoms with van der Waals surface area (Å²) in [5.74, 6) is 0.586. The van der Waals surface area contributed by atoms with Crippen LogP contribution in [0.1, 0.15) is 0 Å². The normalized spacial score (nSPS) is 19.6. The average Bonchev–Trinajstić information content (AvgIpc) is 2.15. The minimum atomic E-state index is -0.426. The van der Waals surface area contributed by atoms with E-state index in [4.69, 9.17) is 0 Å². The quantitative estimate of drug-likeness (QED) is 0.493. The Kier molecular flexibility index (Phi) is 3.70. The maximum atomic E-state index is 10.3. The number of nitrogens with zero attached hydrogens (tertiary/aromatic N) is 3. The average molecular weight is 200 g/mol. The monoisotopic (exact) mass is 200 g/mol. The first-order valence-electron chi connectivity index (χ1n) is 4.60. The van der Waals surface area contributed by atoms with Crippen molar-refractivity contribution in [1.82, 2.24) is 15.1 Å². The zero-order valence-corrected chi connectivity index (χ0v) is 8.56. The summed E-state index contributed by atoms with van der Waals surface area (Å²) >= 11 is 0. The van der Waals surface area contributed by atoms with Gasteiger partial charge in [-0.3, -0.25) is 10.1 Å². The number of nitro groups is 1. The van der Waals surface area contributed by atoms with E-state index >= 15 is 0 Å². The first kappa shape index (κ1) is 10.8. The van der Waals surface area contributed by atoms with E-state index in [0.29, 0.717) is 5.82 Å². The molecule has 0 amide bonds. The van der Waals surface area contributed by atoms with Crippen LogP contribution >= 0.6 is 0 Å². The molecule has 6 heteroatoms. The van der Waals surface area contributed by atoms with Crippen molar-refractivity contribution in [2.24, 2.45) is 0 Å². The smallest absolute Gasteiger partial charge is 0.274 e. The molecule has 0 aromatic heterocycles. The second-order valence-corrected chi connectivity index (χ2v) is 3.34. The van der Waals surface area contributed by atoms with Gasteiger partial charge in [-0.25, -0.2) is 0 Å². The summed E-state index contributed by atoms with van der Waals surface area (Å²) in [7, 11) is 3.75. The molecule has 1 saturated heterocycles. The maximum absolute atomic E-state index is 10.3. The second-order valence-electron chi connectivity index (χ2n) is 3.34. The fourth-order valence-electron chi connectivity index (χ4n) is 1.45. The van der Waals surface area contributed by atoms with Crippen molar-refractivity contribution >= 4 is 0 Å². The highest BCUT2D eigenvalue weighted by atomic mass is 16.6. The fraction of sp³-hybridized carbons (Fsp3) is 0.750. The highest BCUT2D eigenvalue weighted by Crippen LogP contribution is 2.05. The van der Waals surface area contributed by atoms with Gasteiger partial charge in [0.15, 0.2) is 5.82 Å². The fourth-order valence-corrected chi connectivity index (χ4v) is 1.45. The highest BCUT2D eigenvalue weighted by Gasteiger charge is 2.17. The molecular weight excluding hydrogens is 184 g/mol. The summed E-state index contributed by atoms with van der Waals surface area (Å²) in [5.41, 5.74) is 0. The van der Waals surface area contributed by atoms with Gasteiger partial charge in [0.25, 0.3) is 6.20 Å². The van der Waals surface area contributed by atoms with E-state index in [9.17, 15) is 10.1 Å². The van der Waals surface area contributed by atoms with Crippen LogP contribution in [0.3, 0.4) is 0 Å². The van der Waals surface area contributed by atoms with E-state index in [0.717, 1.165) is 32.4 Å². The largest absolute Gasteiger partial charge is 0.370 e. The number of hydrogen-bond acceptors (Lipinski definition) is 5. The van der Waals surface area contributed by atoms with Crippen molar-refractivity contribution in [3.05, 3.63) is 22.1 Å². The number of hydrogen-bond donors (Lipinski definition) is 1. The number of likely N-dealkylation sites (N-methyl/N-ethyl adjacent to an activating group) is 1. The predicted octanol–water partition coefficient (Wildman–Crippen LogP) is -0.471. The Morgan fingerprint density at radius 3 is 2.43 bits per heavy atom. The van der Waals surface area contributed by atoms with E-state index in [-0.39, 0.29) is 0 Å². The van der Waals surface area contributed by atoms with Gasteiger partial charge in [-0.1, -0.05) is 0 Å². The molecule has 0 radical (unpaired) electrons. The van der Waals surface area contributed by atoms with Crippen LogP contribution in [0.5, 0.6) is 0 Å². The molecular formula is C8H16N4O2. The van der Waals surface area contributed by atoms with Crippen molar-refractivity contribution in [2.45, 2.75) is 0 Å². The molecule has 0 unspecified atom stereocenters. The Balaban J connectivity index is 2.57. The molecule has 0 aromatic carbocycles. The molecule has 14 heavy (non-hydrogen) atoms. The van der Waals surface area contributed by atoms with Crippen molar-refractivity contribution in [3.63, 3.8) is 0 Å². The molecule has 6 nitrogen and oxygen atoms in total. The lowest BCUT2D eigenvalue weighted by atomic mass is 10.3. The predicted molar refractivity (Wildman–Crippen MR) is 53.2 cm³/mol. The van der Waals surface area contributed by atoms with Gasteiger partial charge < -0.3 is 15.1 Å². The summed E-state index contributed by atoms with van der Waals surface area (Å²) in [6.07, 6.45) is 1.02. The molecule has 0 saturated carbocycles. The Hall–Kier alpha value is -1.30. The molecule has 0 aliphatic carbocycles. The third kappa shape index (κ3) is 2.88. The lowest BCUT2D eigenvalue weighted by Gasteiger charge is -2.34. The zero-order valence-electron chi connectivity index (χ0n) is 8.56. The van der Waals surface area contributed by atoms with E-state index in [1.165, 1.54) is 0 Å². The summed E-state index contributed by atoms with van der Waals surface area (Å²) in [5, 5.41) is 13.2. The molecule has 0 atom stereocenters. The molecule has 1 heterocycles. The number of nitrogens with one attached hydrogen (secondary N) is 1. The van der Waals surface area contributed by atoms with Crippen molar-refractivity contribution in [2.75, 3.05) is 40.3 Å². The molecule has 0 spiro atoms. The van der Waals surface area contributed by atoms with Crippen LogP contribution in [0, 0.1) is 10.1 Å². The minimum absolute atomic E-state index is 0.426. The van der Waals surface area contributed by atoms with Gasteiger partial charge in [0.1, 0.15) is 0 Å². The van der Waals surface area contributed by atoms with Crippen LogP contribution in [0.25, 0.3) is 0 Å². The molecule has 80 valence electrons. The highest BCUT2D eigenvalue weighted by molar-refractivity contribution is 4.95.